The molecule has 5 rings (SSSR count). The van der Waals surface area contributed by atoms with Crippen LogP contribution >= 0.6 is 0 Å². The van der Waals surface area contributed by atoms with Gasteiger partial charge in [-0.05, 0) is 55.0 Å². The zero-order chi connectivity index (χ0) is 25.9. The van der Waals surface area contributed by atoms with Gasteiger partial charge in [0.2, 0.25) is 5.78 Å². The van der Waals surface area contributed by atoms with E-state index in [1.807, 2.05) is 91.0 Å². The highest BCUT2D eigenvalue weighted by Gasteiger charge is 2.18. The lowest BCUT2D eigenvalue weighted by Crippen LogP contribution is -2.14. The molecular formula is C31H24N2O4. The number of rotatable bonds is 7. The highest BCUT2D eigenvalue weighted by molar-refractivity contribution is 6.46. The minimum Gasteiger partial charge on any atom is -0.318 e. The number of fused-ring (bicyclic) bond motifs is 3. The first-order chi connectivity index (χ1) is 18.0. The van der Waals surface area contributed by atoms with Gasteiger partial charge in [0.15, 0.2) is 5.78 Å². The van der Waals surface area contributed by atoms with Crippen LogP contribution in [0.2, 0.25) is 0 Å². The van der Waals surface area contributed by atoms with Gasteiger partial charge < -0.3 is 9.40 Å². The van der Waals surface area contributed by atoms with Crippen LogP contribution in [-0.4, -0.2) is 27.8 Å². The van der Waals surface area contributed by atoms with Crippen LogP contribution in [0.1, 0.15) is 46.5 Å². The Balaban J connectivity index is 1.58. The maximum atomic E-state index is 13.1. The largest absolute Gasteiger partial charge is 0.331 e. The summed E-state index contributed by atoms with van der Waals surface area (Å²) in [5.41, 5.74) is 4.71. The summed E-state index contributed by atoms with van der Waals surface area (Å²) in [6.07, 6.45) is 0.333. The molecule has 0 aliphatic rings. The number of benzene rings is 4. The quantitative estimate of drug-likeness (QED) is 0.113. The Morgan fingerprint density at radius 3 is 2.05 bits per heavy atom. The third kappa shape index (κ3) is 4.57. The minimum atomic E-state index is -0.575. The molecule has 0 bridgehead atoms. The molecule has 0 aliphatic carbocycles. The number of hydrogen-bond acceptors (Lipinski definition) is 5. The fraction of sp³-hybridized carbons (Fsp3) is 0.0968. The topological polar surface area (TPSA) is 77.7 Å². The van der Waals surface area contributed by atoms with Gasteiger partial charge in [-0.15, -0.1) is 0 Å². The fourth-order valence-electron chi connectivity index (χ4n) is 4.46. The highest BCUT2D eigenvalue weighted by atomic mass is 16.7. The molecule has 37 heavy (non-hydrogen) atoms. The van der Waals surface area contributed by atoms with Crippen LogP contribution in [0, 0.1) is 0 Å². The molecule has 0 atom stereocenters. The maximum Gasteiger partial charge on any atom is 0.331 e. The van der Waals surface area contributed by atoms with Gasteiger partial charge in [0.05, 0.1) is 11.0 Å². The van der Waals surface area contributed by atoms with Gasteiger partial charge in [-0.3, -0.25) is 9.59 Å². The number of ketones is 2. The van der Waals surface area contributed by atoms with Crippen molar-refractivity contribution in [3.8, 4) is 5.69 Å². The Kier molecular flexibility index (Phi) is 6.47. The second-order valence-electron chi connectivity index (χ2n) is 8.63. The van der Waals surface area contributed by atoms with Crippen molar-refractivity contribution in [2.45, 2.75) is 20.3 Å². The van der Waals surface area contributed by atoms with E-state index in [9.17, 15) is 14.4 Å². The van der Waals surface area contributed by atoms with Gasteiger partial charge in [-0.25, -0.2) is 4.79 Å². The maximum absolute atomic E-state index is 13.1. The van der Waals surface area contributed by atoms with Gasteiger partial charge in [0.1, 0.15) is 5.71 Å². The normalized spacial score (nSPS) is 11.6. The molecule has 0 aliphatic heterocycles. The SMILES string of the molecule is CCC(=NOC(C)=O)C(=O)c1ccc2c(c1)c1ccccc1n2-c1ccc(C(=O)c2ccccc2)cc1. The van der Waals surface area contributed by atoms with Crippen molar-refractivity contribution in [2.75, 3.05) is 0 Å². The molecule has 0 radical (unpaired) electrons. The van der Waals surface area contributed by atoms with Crippen LogP contribution in [-0.2, 0) is 9.63 Å². The molecule has 182 valence electrons. The predicted molar refractivity (Wildman–Crippen MR) is 144 cm³/mol. The average Bonchev–Trinajstić information content (AvgIpc) is 3.27. The number of carbonyl (C=O) groups is 3. The van der Waals surface area contributed by atoms with Crippen LogP contribution in [0.5, 0.6) is 0 Å². The number of nitrogens with zero attached hydrogens (tertiary/aromatic N) is 2. The Labute approximate surface area is 213 Å². The zero-order valence-corrected chi connectivity index (χ0v) is 20.5. The summed E-state index contributed by atoms with van der Waals surface area (Å²) < 4.78 is 2.11. The monoisotopic (exact) mass is 488 g/mol. The second-order valence-corrected chi connectivity index (χ2v) is 8.63. The van der Waals surface area contributed by atoms with Crippen LogP contribution in [0.25, 0.3) is 27.5 Å². The third-order valence-electron chi connectivity index (χ3n) is 6.24. The lowest BCUT2D eigenvalue weighted by atomic mass is 10.0. The molecule has 0 saturated heterocycles. The van der Waals surface area contributed by atoms with Gasteiger partial charge >= 0.3 is 5.97 Å². The minimum absolute atomic E-state index is 0.0281. The number of hydrogen-bond donors (Lipinski definition) is 0. The molecule has 0 saturated carbocycles. The van der Waals surface area contributed by atoms with Crippen molar-refractivity contribution in [1.82, 2.24) is 4.57 Å². The summed E-state index contributed by atoms with van der Waals surface area (Å²) >= 11 is 0. The van der Waals surface area contributed by atoms with Crippen molar-refractivity contribution in [1.29, 1.82) is 0 Å². The molecule has 0 amide bonds. The van der Waals surface area contributed by atoms with E-state index in [2.05, 4.69) is 9.72 Å². The summed E-state index contributed by atoms with van der Waals surface area (Å²) in [6, 6.07) is 30.2. The number of para-hydroxylation sites is 1. The van der Waals surface area contributed by atoms with E-state index in [0.29, 0.717) is 23.1 Å². The second kappa shape index (κ2) is 10.0. The van der Waals surface area contributed by atoms with Crippen molar-refractivity contribution in [3.63, 3.8) is 0 Å². The van der Waals surface area contributed by atoms with E-state index in [1.165, 1.54) is 6.92 Å². The van der Waals surface area contributed by atoms with E-state index in [1.54, 1.807) is 13.0 Å². The Morgan fingerprint density at radius 2 is 1.35 bits per heavy atom. The Bertz CT molecular complexity index is 1680. The van der Waals surface area contributed by atoms with E-state index in [4.69, 9.17) is 4.84 Å². The molecule has 1 heterocycles. The van der Waals surface area contributed by atoms with Crippen molar-refractivity contribution in [2.24, 2.45) is 5.16 Å². The van der Waals surface area contributed by atoms with Crippen LogP contribution in [0.15, 0.2) is 102 Å². The molecule has 6 heteroatoms. The van der Waals surface area contributed by atoms with Crippen molar-refractivity contribution >= 4 is 45.1 Å². The molecule has 6 nitrogen and oxygen atoms in total. The molecule has 5 aromatic rings. The van der Waals surface area contributed by atoms with Crippen LogP contribution in [0.4, 0.5) is 0 Å². The lowest BCUT2D eigenvalue weighted by Gasteiger charge is -2.09. The summed E-state index contributed by atoms with van der Waals surface area (Å²) in [6.45, 7) is 3.03. The molecule has 0 N–H and O–H groups in total. The molecule has 1 aromatic heterocycles. The number of carbonyl (C=O) groups excluding carboxylic acids is 3. The summed E-state index contributed by atoms with van der Waals surface area (Å²) in [4.78, 5) is 41.8. The van der Waals surface area contributed by atoms with E-state index < -0.39 is 5.97 Å². The third-order valence-corrected chi connectivity index (χ3v) is 6.24. The Morgan fingerprint density at radius 1 is 0.730 bits per heavy atom. The summed E-state index contributed by atoms with van der Waals surface area (Å²) in [7, 11) is 0. The van der Waals surface area contributed by atoms with Crippen molar-refractivity contribution < 1.29 is 19.2 Å². The van der Waals surface area contributed by atoms with Gasteiger partial charge in [0.25, 0.3) is 0 Å². The highest BCUT2D eigenvalue weighted by Crippen LogP contribution is 2.33. The van der Waals surface area contributed by atoms with Gasteiger partial charge in [-0.1, -0.05) is 60.6 Å². The van der Waals surface area contributed by atoms with E-state index in [-0.39, 0.29) is 17.3 Å². The average molecular weight is 489 g/mol. The van der Waals surface area contributed by atoms with Gasteiger partial charge in [0, 0.05) is 40.1 Å². The smallest absolute Gasteiger partial charge is 0.318 e. The van der Waals surface area contributed by atoms with E-state index in [0.717, 1.165) is 27.5 Å². The summed E-state index contributed by atoms with van der Waals surface area (Å²) in [5.74, 6) is -0.889. The summed E-state index contributed by atoms with van der Waals surface area (Å²) in [5, 5.41) is 5.65. The fourth-order valence-corrected chi connectivity index (χ4v) is 4.46. The van der Waals surface area contributed by atoms with Gasteiger partial charge in [-0.2, -0.15) is 0 Å². The zero-order valence-electron chi connectivity index (χ0n) is 20.5. The molecular weight excluding hydrogens is 464 g/mol. The first-order valence-electron chi connectivity index (χ1n) is 12.0. The molecule has 0 spiro atoms. The van der Waals surface area contributed by atoms with Crippen LogP contribution < -0.4 is 0 Å². The predicted octanol–water partition coefficient (Wildman–Crippen LogP) is 6.53. The number of Topliss-reactive ketones (excluding diaryl/α,β-unsaturated/α-hetero) is 1. The molecule has 0 fully saturated rings. The lowest BCUT2D eigenvalue weighted by molar-refractivity contribution is -0.140. The van der Waals surface area contributed by atoms with Crippen LogP contribution in [0.3, 0.4) is 0 Å². The molecule has 4 aromatic carbocycles. The van der Waals surface area contributed by atoms with Crippen molar-refractivity contribution in [3.05, 3.63) is 114 Å². The number of oxime groups is 1. The standard InChI is InChI=1S/C31H24N2O4/c1-3-27(32-37-20(2)34)31(36)23-15-18-29-26(19-23)25-11-7-8-12-28(25)33(29)24-16-13-22(14-17-24)30(35)21-9-5-4-6-10-21/h4-19H,3H2,1-2H3. The molecule has 0 unspecified atom stereocenters. The Hall–Kier alpha value is -4.84. The van der Waals surface area contributed by atoms with E-state index >= 15 is 0 Å². The number of aromatic nitrogens is 1. The first-order valence-corrected chi connectivity index (χ1v) is 12.0. The first kappa shape index (κ1) is 23.9.